The van der Waals surface area contributed by atoms with E-state index in [0.717, 1.165) is 74.2 Å². The Kier molecular flexibility index (Phi) is 12.5. The summed E-state index contributed by atoms with van der Waals surface area (Å²) >= 11 is 0. The normalized spacial score (nSPS) is 14.6. The molecule has 1 aliphatic heterocycles. The van der Waals surface area contributed by atoms with Crippen LogP contribution in [0.3, 0.4) is 0 Å². The molecule has 64 heavy (non-hydrogen) atoms. The standard InChI is InChI=1S/C57H54FN4O.Pt/c1-37(2)50-32-43(41-18-15-19-44(58)29-41)33-51(38(3)4)57(50)61-36-60(53-22-13-14-23-54(53)61)45-30-42(40-16-9-7-6-8-10-17-40)31-47(34-45)63-46-24-25-49-48-20-11-12-21-52(48)62(55(49)35-46)56-28-39(5)26-27-59-56;/h11-15,18-33,36-38,40H,6-10,16-17H2,1-5H3;/q-3;. The first kappa shape index (κ1) is 43.5. The Morgan fingerprint density at radius 1 is 0.672 bits per heavy atom. The number of rotatable bonds is 9. The third-order valence-corrected chi connectivity index (χ3v) is 13.0. The van der Waals surface area contributed by atoms with Crippen molar-refractivity contribution in [3.05, 3.63) is 174 Å². The van der Waals surface area contributed by atoms with Crippen LogP contribution in [0.15, 0.2) is 128 Å². The molecule has 0 bridgehead atoms. The summed E-state index contributed by atoms with van der Waals surface area (Å²) in [6.07, 6.45) is 10.5. The molecular formula is C57H54FN4OPt-3. The summed E-state index contributed by atoms with van der Waals surface area (Å²) in [6.45, 7) is 13.3. The Morgan fingerprint density at radius 2 is 1.38 bits per heavy atom. The van der Waals surface area contributed by atoms with Gasteiger partial charge in [-0.2, -0.15) is 6.07 Å². The molecule has 3 heterocycles. The van der Waals surface area contributed by atoms with E-state index in [-0.39, 0.29) is 38.7 Å². The second kappa shape index (κ2) is 18.4. The van der Waals surface area contributed by atoms with Gasteiger partial charge in [0.2, 0.25) is 0 Å². The smallest absolute Gasteiger partial charge is 0.135 e. The molecule has 0 atom stereocenters. The third kappa shape index (κ3) is 8.38. The van der Waals surface area contributed by atoms with Crippen molar-refractivity contribution >= 4 is 44.6 Å². The number of halogens is 1. The summed E-state index contributed by atoms with van der Waals surface area (Å²) in [4.78, 5) is 9.45. The summed E-state index contributed by atoms with van der Waals surface area (Å²) in [5.41, 5.74) is 13.1. The van der Waals surface area contributed by atoms with Crippen LogP contribution in [0.5, 0.6) is 11.5 Å². The van der Waals surface area contributed by atoms with Crippen LogP contribution in [0.2, 0.25) is 0 Å². The van der Waals surface area contributed by atoms with Crippen molar-refractivity contribution in [3.8, 4) is 28.4 Å². The van der Waals surface area contributed by atoms with Crippen molar-refractivity contribution in [2.24, 2.45) is 0 Å². The Labute approximate surface area is 392 Å². The zero-order valence-electron chi connectivity index (χ0n) is 37.3. The average molecular weight is 1030 g/mol. The van der Waals surface area contributed by atoms with Crippen LogP contribution in [0.1, 0.15) is 113 Å². The van der Waals surface area contributed by atoms with E-state index in [9.17, 15) is 4.39 Å². The molecule has 2 aromatic heterocycles. The van der Waals surface area contributed by atoms with E-state index in [1.165, 1.54) is 60.5 Å². The molecule has 7 heteroatoms. The van der Waals surface area contributed by atoms with Crippen molar-refractivity contribution in [3.63, 3.8) is 0 Å². The Hall–Kier alpha value is -5.71. The second-order valence-corrected chi connectivity index (χ2v) is 18.1. The third-order valence-electron chi connectivity index (χ3n) is 13.0. The molecule has 5 nitrogen and oxygen atoms in total. The quantitative estimate of drug-likeness (QED) is 0.135. The first-order chi connectivity index (χ1) is 30.7. The van der Waals surface area contributed by atoms with Gasteiger partial charge >= 0.3 is 0 Å². The first-order valence-corrected chi connectivity index (χ1v) is 22.8. The van der Waals surface area contributed by atoms with Crippen molar-refractivity contribution in [1.82, 2.24) is 9.55 Å². The molecule has 0 amide bonds. The van der Waals surface area contributed by atoms with Gasteiger partial charge in [-0.3, -0.25) is 0 Å². The number of aryl methyl sites for hydroxylation is 1. The Balaban J connectivity index is 0.00000518. The summed E-state index contributed by atoms with van der Waals surface area (Å²) in [5, 5.41) is 2.25. The van der Waals surface area contributed by atoms with Gasteiger partial charge in [-0.05, 0) is 125 Å². The molecule has 10 rings (SSSR count). The number of nitrogens with zero attached hydrogens (tertiary/aromatic N) is 4. The largest absolute Gasteiger partial charge is 0.509 e. The van der Waals surface area contributed by atoms with E-state index in [1.807, 2.05) is 24.4 Å². The summed E-state index contributed by atoms with van der Waals surface area (Å²) in [7, 11) is 0. The van der Waals surface area contributed by atoms with Gasteiger partial charge in [0, 0.05) is 61.3 Å². The SMILES string of the molecule is Cc1ccnc(-n2c3[c-]c(Oc4[c-]c(N5[CH-]N(c6c(C(C)C)cc(-c7cccc(F)c7)cc6C(C)C)c6ccccc65)cc(C5CCCCCCC5)c4)ccc3c3ccccc32)c1.[Pt]. The minimum atomic E-state index is -0.228. The van der Waals surface area contributed by atoms with Crippen molar-refractivity contribution < 1.29 is 30.2 Å². The fourth-order valence-corrected chi connectivity index (χ4v) is 9.85. The van der Waals surface area contributed by atoms with Crippen LogP contribution in [0.4, 0.5) is 27.1 Å². The van der Waals surface area contributed by atoms with Gasteiger partial charge in [0.15, 0.2) is 0 Å². The maximum Gasteiger partial charge on any atom is 0.135 e. The molecule has 0 unspecified atom stereocenters. The molecular weight excluding hydrogens is 971 g/mol. The Morgan fingerprint density at radius 3 is 2.09 bits per heavy atom. The maximum absolute atomic E-state index is 14.6. The molecule has 0 saturated heterocycles. The van der Waals surface area contributed by atoms with Gasteiger partial charge in [0.05, 0.1) is 0 Å². The maximum atomic E-state index is 14.6. The van der Waals surface area contributed by atoms with Crippen molar-refractivity contribution in [2.45, 2.75) is 97.3 Å². The first-order valence-electron chi connectivity index (χ1n) is 22.8. The molecule has 1 saturated carbocycles. The van der Waals surface area contributed by atoms with Gasteiger partial charge in [0.25, 0.3) is 0 Å². The van der Waals surface area contributed by atoms with Crippen molar-refractivity contribution in [2.75, 3.05) is 9.80 Å². The minimum Gasteiger partial charge on any atom is -0.509 e. The Bertz CT molecular complexity index is 2930. The molecule has 1 aliphatic carbocycles. The van der Waals surface area contributed by atoms with Gasteiger partial charge < -0.3 is 19.1 Å². The molecule has 6 aromatic carbocycles. The van der Waals surface area contributed by atoms with Gasteiger partial charge in [-0.15, -0.1) is 53.6 Å². The minimum absolute atomic E-state index is 0. The molecule has 0 radical (unpaired) electrons. The van der Waals surface area contributed by atoms with Gasteiger partial charge in [-0.1, -0.05) is 108 Å². The van der Waals surface area contributed by atoms with E-state index in [0.29, 0.717) is 17.4 Å². The number of aromatic nitrogens is 2. The van der Waals surface area contributed by atoms with Crippen LogP contribution >= 0.6 is 0 Å². The summed E-state index contributed by atoms with van der Waals surface area (Å²) < 4.78 is 23.7. The van der Waals surface area contributed by atoms with E-state index in [2.05, 4.69) is 153 Å². The summed E-state index contributed by atoms with van der Waals surface area (Å²) in [6, 6.07) is 48.9. The molecule has 328 valence electrons. The number of pyridine rings is 1. The number of hydrogen-bond donors (Lipinski definition) is 0. The van der Waals surface area contributed by atoms with Gasteiger partial charge in [0.1, 0.15) is 11.6 Å². The van der Waals surface area contributed by atoms with Crippen LogP contribution < -0.4 is 14.5 Å². The van der Waals surface area contributed by atoms with Crippen LogP contribution in [0.25, 0.3) is 38.8 Å². The zero-order chi connectivity index (χ0) is 43.2. The van der Waals surface area contributed by atoms with Crippen molar-refractivity contribution in [1.29, 1.82) is 0 Å². The predicted octanol–water partition coefficient (Wildman–Crippen LogP) is 16.2. The monoisotopic (exact) mass is 1020 g/mol. The number of benzene rings is 6. The number of fused-ring (bicyclic) bond motifs is 4. The summed E-state index contributed by atoms with van der Waals surface area (Å²) in [5.74, 6) is 2.77. The zero-order valence-corrected chi connectivity index (χ0v) is 39.5. The molecule has 0 spiro atoms. The molecule has 2 aliphatic rings. The number of para-hydroxylation sites is 3. The van der Waals surface area contributed by atoms with Crippen LogP contribution in [-0.4, -0.2) is 9.55 Å². The van der Waals surface area contributed by atoms with E-state index >= 15 is 0 Å². The average Bonchev–Trinajstić information content (AvgIpc) is 3.82. The molecule has 1 fully saturated rings. The fourth-order valence-electron chi connectivity index (χ4n) is 9.85. The second-order valence-electron chi connectivity index (χ2n) is 18.1. The fraction of sp³-hybridized carbons (Fsp3) is 0.263. The van der Waals surface area contributed by atoms with E-state index in [4.69, 9.17) is 9.72 Å². The number of ether oxygens (including phenoxy) is 1. The van der Waals surface area contributed by atoms with E-state index < -0.39 is 0 Å². The van der Waals surface area contributed by atoms with E-state index in [1.54, 1.807) is 12.1 Å². The number of anilines is 4. The molecule has 8 aromatic rings. The van der Waals surface area contributed by atoms with Gasteiger partial charge in [-0.25, -0.2) is 9.37 Å². The van der Waals surface area contributed by atoms with Crippen LogP contribution in [-0.2, 0) is 21.1 Å². The topological polar surface area (TPSA) is 33.5 Å². The number of hydrogen-bond acceptors (Lipinski definition) is 4. The predicted molar refractivity (Wildman–Crippen MR) is 258 cm³/mol. The van der Waals surface area contributed by atoms with Crippen LogP contribution in [0, 0.1) is 31.5 Å². The molecule has 0 N–H and O–H groups in total.